The van der Waals surface area contributed by atoms with Crippen LogP contribution < -0.4 is 5.32 Å². The second-order valence-electron chi connectivity index (χ2n) is 6.07. The first kappa shape index (κ1) is 16.0. The third kappa shape index (κ3) is 4.82. The molecule has 1 unspecified atom stereocenters. The Balaban J connectivity index is 1.94. The zero-order chi connectivity index (χ0) is 15.1. The summed E-state index contributed by atoms with van der Waals surface area (Å²) in [6.45, 7) is 7.56. The number of nitrogens with one attached hydrogen (secondary N) is 1. The van der Waals surface area contributed by atoms with Crippen LogP contribution in [0.1, 0.15) is 57.2 Å². The average molecular weight is 284 g/mol. The lowest BCUT2D eigenvalue weighted by Crippen LogP contribution is -2.25. The zero-order valence-corrected chi connectivity index (χ0v) is 13.7. The normalized spacial score (nSPS) is 12.7. The van der Waals surface area contributed by atoms with Gasteiger partial charge in [0, 0.05) is 23.7 Å². The molecule has 2 aromatic rings. The Morgan fingerprint density at radius 1 is 1.14 bits per heavy atom. The van der Waals surface area contributed by atoms with Gasteiger partial charge in [-0.2, -0.15) is 0 Å². The molecule has 0 bridgehead atoms. The van der Waals surface area contributed by atoms with Gasteiger partial charge in [-0.05, 0) is 38.0 Å². The number of hydrogen-bond donors (Lipinski definition) is 1. The molecule has 0 radical (unpaired) electrons. The average Bonchev–Trinajstić information content (AvgIpc) is 2.49. The second kappa shape index (κ2) is 8.14. The number of fused-ring (bicyclic) bond motifs is 1. The minimum Gasteiger partial charge on any atom is -0.310 e. The van der Waals surface area contributed by atoms with E-state index in [-0.39, 0.29) is 0 Å². The summed E-state index contributed by atoms with van der Waals surface area (Å²) in [5.74, 6) is 0. The van der Waals surface area contributed by atoms with Crippen LogP contribution in [-0.2, 0) is 6.54 Å². The van der Waals surface area contributed by atoms with Crippen molar-refractivity contribution in [2.75, 3.05) is 0 Å². The SMILES string of the molecule is CCCCCCC(C)NCc1cc(C)nc2ccccc12. The van der Waals surface area contributed by atoms with E-state index in [1.165, 1.54) is 43.1 Å². The topological polar surface area (TPSA) is 24.9 Å². The van der Waals surface area contributed by atoms with Crippen LogP contribution in [0.25, 0.3) is 10.9 Å². The summed E-state index contributed by atoms with van der Waals surface area (Å²) < 4.78 is 0. The largest absolute Gasteiger partial charge is 0.310 e. The van der Waals surface area contributed by atoms with Crippen LogP contribution >= 0.6 is 0 Å². The Morgan fingerprint density at radius 2 is 1.95 bits per heavy atom. The Bertz CT molecular complexity index is 562. The number of pyridine rings is 1. The molecule has 114 valence electrons. The number of nitrogens with zero attached hydrogens (tertiary/aromatic N) is 1. The fraction of sp³-hybridized carbons (Fsp3) is 0.526. The molecule has 0 saturated heterocycles. The van der Waals surface area contributed by atoms with Crippen LogP contribution in [0.15, 0.2) is 30.3 Å². The monoisotopic (exact) mass is 284 g/mol. The highest BCUT2D eigenvalue weighted by atomic mass is 14.9. The van der Waals surface area contributed by atoms with Crippen molar-refractivity contribution in [1.29, 1.82) is 0 Å². The summed E-state index contributed by atoms with van der Waals surface area (Å²) in [5, 5.41) is 4.94. The number of rotatable bonds is 8. The fourth-order valence-corrected chi connectivity index (χ4v) is 2.80. The molecule has 0 aliphatic carbocycles. The van der Waals surface area contributed by atoms with Gasteiger partial charge < -0.3 is 5.32 Å². The van der Waals surface area contributed by atoms with Crippen molar-refractivity contribution >= 4 is 10.9 Å². The molecular weight excluding hydrogens is 256 g/mol. The molecule has 0 aliphatic rings. The van der Waals surface area contributed by atoms with Crippen molar-refractivity contribution in [3.63, 3.8) is 0 Å². The van der Waals surface area contributed by atoms with Crippen molar-refractivity contribution in [1.82, 2.24) is 10.3 Å². The predicted molar refractivity (Wildman–Crippen MR) is 91.5 cm³/mol. The lowest BCUT2D eigenvalue weighted by atomic mass is 10.1. The maximum atomic E-state index is 4.61. The Hall–Kier alpha value is -1.41. The summed E-state index contributed by atoms with van der Waals surface area (Å²) >= 11 is 0. The van der Waals surface area contributed by atoms with E-state index in [2.05, 4.69) is 61.4 Å². The Kier molecular flexibility index (Phi) is 6.19. The van der Waals surface area contributed by atoms with Gasteiger partial charge in [0.2, 0.25) is 0 Å². The summed E-state index contributed by atoms with van der Waals surface area (Å²) in [5.41, 5.74) is 3.56. The van der Waals surface area contributed by atoms with Crippen molar-refractivity contribution < 1.29 is 0 Å². The highest BCUT2D eigenvalue weighted by Gasteiger charge is 2.06. The van der Waals surface area contributed by atoms with Gasteiger partial charge in [0.05, 0.1) is 5.52 Å². The predicted octanol–water partition coefficient (Wildman–Crippen LogP) is 4.99. The van der Waals surface area contributed by atoms with Gasteiger partial charge in [-0.25, -0.2) is 0 Å². The molecule has 0 amide bonds. The number of aromatic nitrogens is 1. The quantitative estimate of drug-likeness (QED) is 0.691. The summed E-state index contributed by atoms with van der Waals surface area (Å²) in [4.78, 5) is 4.61. The zero-order valence-electron chi connectivity index (χ0n) is 13.7. The first-order valence-corrected chi connectivity index (χ1v) is 8.29. The highest BCUT2D eigenvalue weighted by Crippen LogP contribution is 2.18. The summed E-state index contributed by atoms with van der Waals surface area (Å²) in [6.07, 6.45) is 6.63. The highest BCUT2D eigenvalue weighted by molar-refractivity contribution is 5.82. The number of unbranched alkanes of at least 4 members (excludes halogenated alkanes) is 3. The van der Waals surface area contributed by atoms with Crippen LogP contribution in [0.5, 0.6) is 0 Å². The van der Waals surface area contributed by atoms with Gasteiger partial charge in [0.1, 0.15) is 0 Å². The van der Waals surface area contributed by atoms with Gasteiger partial charge in [-0.1, -0.05) is 50.8 Å². The maximum Gasteiger partial charge on any atom is 0.0708 e. The van der Waals surface area contributed by atoms with E-state index < -0.39 is 0 Å². The Morgan fingerprint density at radius 3 is 2.76 bits per heavy atom. The Labute approximate surface area is 129 Å². The molecule has 0 spiro atoms. The van der Waals surface area contributed by atoms with Crippen LogP contribution in [0.2, 0.25) is 0 Å². The first-order valence-electron chi connectivity index (χ1n) is 8.29. The van der Waals surface area contributed by atoms with E-state index >= 15 is 0 Å². The van der Waals surface area contributed by atoms with Gasteiger partial charge in [-0.15, -0.1) is 0 Å². The van der Waals surface area contributed by atoms with E-state index in [1.807, 2.05) is 0 Å². The van der Waals surface area contributed by atoms with Gasteiger partial charge in [0.25, 0.3) is 0 Å². The lowest BCUT2D eigenvalue weighted by molar-refractivity contribution is 0.483. The first-order chi connectivity index (χ1) is 10.2. The molecule has 0 saturated carbocycles. The van der Waals surface area contributed by atoms with Gasteiger partial charge in [0.15, 0.2) is 0 Å². The molecule has 0 fully saturated rings. The second-order valence-corrected chi connectivity index (χ2v) is 6.07. The van der Waals surface area contributed by atoms with Gasteiger partial charge in [-0.3, -0.25) is 4.98 Å². The molecule has 21 heavy (non-hydrogen) atoms. The molecule has 2 heteroatoms. The van der Waals surface area contributed by atoms with E-state index in [0.717, 1.165) is 17.8 Å². The van der Waals surface area contributed by atoms with Crippen LogP contribution in [0.3, 0.4) is 0 Å². The molecule has 1 atom stereocenters. The van der Waals surface area contributed by atoms with E-state index in [1.54, 1.807) is 0 Å². The molecule has 1 N–H and O–H groups in total. The number of para-hydroxylation sites is 1. The number of benzene rings is 1. The minimum absolute atomic E-state index is 0.578. The van der Waals surface area contributed by atoms with Crippen molar-refractivity contribution in [3.05, 3.63) is 41.6 Å². The summed E-state index contributed by atoms with van der Waals surface area (Å²) in [6, 6.07) is 11.2. The summed E-state index contributed by atoms with van der Waals surface area (Å²) in [7, 11) is 0. The molecule has 1 aromatic carbocycles. The maximum absolute atomic E-state index is 4.61. The van der Waals surface area contributed by atoms with Crippen LogP contribution in [0, 0.1) is 6.92 Å². The van der Waals surface area contributed by atoms with E-state index in [9.17, 15) is 0 Å². The van der Waals surface area contributed by atoms with E-state index in [0.29, 0.717) is 6.04 Å². The third-order valence-corrected chi connectivity index (χ3v) is 4.06. The van der Waals surface area contributed by atoms with Crippen LogP contribution in [0.4, 0.5) is 0 Å². The minimum atomic E-state index is 0.578. The lowest BCUT2D eigenvalue weighted by Gasteiger charge is -2.15. The molecule has 0 aliphatic heterocycles. The smallest absolute Gasteiger partial charge is 0.0708 e. The van der Waals surface area contributed by atoms with Crippen LogP contribution in [-0.4, -0.2) is 11.0 Å². The molecular formula is C19H28N2. The van der Waals surface area contributed by atoms with Crippen molar-refractivity contribution in [3.8, 4) is 0 Å². The number of hydrogen-bond acceptors (Lipinski definition) is 2. The van der Waals surface area contributed by atoms with Crippen molar-refractivity contribution in [2.45, 2.75) is 65.5 Å². The number of aryl methyl sites for hydroxylation is 1. The molecule has 2 rings (SSSR count). The molecule has 1 heterocycles. The fourth-order valence-electron chi connectivity index (χ4n) is 2.80. The molecule has 1 aromatic heterocycles. The molecule has 2 nitrogen and oxygen atoms in total. The third-order valence-electron chi connectivity index (χ3n) is 4.06. The van der Waals surface area contributed by atoms with Gasteiger partial charge >= 0.3 is 0 Å². The van der Waals surface area contributed by atoms with E-state index in [4.69, 9.17) is 0 Å². The van der Waals surface area contributed by atoms with Crippen molar-refractivity contribution in [2.24, 2.45) is 0 Å². The standard InChI is InChI=1S/C19H28N2/c1-4-5-6-7-10-15(2)20-14-17-13-16(3)21-19-12-9-8-11-18(17)19/h8-9,11-13,15,20H,4-7,10,14H2,1-3H3.